The van der Waals surface area contributed by atoms with Crippen molar-refractivity contribution in [2.45, 2.75) is 46.2 Å². The highest BCUT2D eigenvalue weighted by Gasteiger charge is 2.14. The molecule has 20 heavy (non-hydrogen) atoms. The minimum atomic E-state index is 0.0214. The first-order valence-corrected chi connectivity index (χ1v) is 7.77. The summed E-state index contributed by atoms with van der Waals surface area (Å²) in [5, 5.41) is 3.04. The molecular weight excluding hydrogens is 270 g/mol. The standard InChI is InChI=1S/C15H21N3OS/c1-4-5-13-8-14(20-12(13)3)15(19)17-11(2)9-18-7-6-16-10-18/h6-8,10-11H,4-5,9H2,1-3H3,(H,17,19). The van der Waals surface area contributed by atoms with Crippen molar-refractivity contribution in [1.82, 2.24) is 14.9 Å². The molecule has 2 heterocycles. The predicted molar refractivity (Wildman–Crippen MR) is 82.2 cm³/mol. The second kappa shape index (κ2) is 6.70. The van der Waals surface area contributed by atoms with Crippen molar-refractivity contribution in [3.63, 3.8) is 0 Å². The Labute approximate surface area is 123 Å². The van der Waals surface area contributed by atoms with E-state index in [0.29, 0.717) is 0 Å². The molecule has 2 aromatic rings. The van der Waals surface area contributed by atoms with Crippen LogP contribution in [0, 0.1) is 6.92 Å². The molecule has 0 aliphatic heterocycles. The van der Waals surface area contributed by atoms with E-state index < -0.39 is 0 Å². The Balaban J connectivity index is 1.95. The number of carbonyl (C=O) groups is 1. The van der Waals surface area contributed by atoms with Crippen LogP contribution >= 0.6 is 11.3 Å². The van der Waals surface area contributed by atoms with E-state index in [0.717, 1.165) is 24.3 Å². The molecule has 0 aromatic carbocycles. The molecule has 2 aromatic heterocycles. The molecule has 108 valence electrons. The average molecular weight is 291 g/mol. The van der Waals surface area contributed by atoms with Crippen LogP contribution in [0.15, 0.2) is 24.8 Å². The third kappa shape index (κ3) is 3.70. The fourth-order valence-electron chi connectivity index (χ4n) is 2.20. The van der Waals surface area contributed by atoms with Gasteiger partial charge in [0.25, 0.3) is 5.91 Å². The van der Waals surface area contributed by atoms with Crippen LogP contribution < -0.4 is 5.32 Å². The number of aryl methyl sites for hydroxylation is 2. The number of nitrogens with zero attached hydrogens (tertiary/aromatic N) is 2. The van der Waals surface area contributed by atoms with Gasteiger partial charge in [0.15, 0.2) is 0 Å². The second-order valence-electron chi connectivity index (χ2n) is 5.08. The molecule has 2 rings (SSSR count). The zero-order chi connectivity index (χ0) is 14.5. The van der Waals surface area contributed by atoms with E-state index in [9.17, 15) is 4.79 Å². The molecular formula is C15H21N3OS. The minimum Gasteiger partial charge on any atom is -0.347 e. The lowest BCUT2D eigenvalue weighted by atomic mass is 10.1. The van der Waals surface area contributed by atoms with Gasteiger partial charge < -0.3 is 9.88 Å². The highest BCUT2D eigenvalue weighted by molar-refractivity contribution is 7.14. The number of nitrogens with one attached hydrogen (secondary N) is 1. The molecule has 0 bridgehead atoms. The smallest absolute Gasteiger partial charge is 0.261 e. The molecule has 0 saturated carbocycles. The van der Waals surface area contributed by atoms with Gasteiger partial charge in [-0.25, -0.2) is 4.98 Å². The molecule has 0 radical (unpaired) electrons. The lowest BCUT2D eigenvalue weighted by molar-refractivity contribution is 0.0941. The van der Waals surface area contributed by atoms with Gasteiger partial charge in [-0.05, 0) is 31.9 Å². The number of imidazole rings is 1. The summed E-state index contributed by atoms with van der Waals surface area (Å²) >= 11 is 1.58. The maximum absolute atomic E-state index is 12.2. The predicted octanol–water partition coefficient (Wildman–Crippen LogP) is 3.02. The second-order valence-corrected chi connectivity index (χ2v) is 6.33. The Morgan fingerprint density at radius 3 is 3.00 bits per heavy atom. The van der Waals surface area contributed by atoms with Crippen LogP contribution in [0.2, 0.25) is 0 Å². The molecule has 0 fully saturated rings. The first-order chi connectivity index (χ1) is 9.60. The summed E-state index contributed by atoms with van der Waals surface area (Å²) in [7, 11) is 0. The topological polar surface area (TPSA) is 46.9 Å². The molecule has 1 amide bonds. The summed E-state index contributed by atoms with van der Waals surface area (Å²) in [5.41, 5.74) is 1.30. The highest BCUT2D eigenvalue weighted by Crippen LogP contribution is 2.22. The van der Waals surface area contributed by atoms with Crippen molar-refractivity contribution in [1.29, 1.82) is 0 Å². The molecule has 5 heteroatoms. The zero-order valence-electron chi connectivity index (χ0n) is 12.2. The van der Waals surface area contributed by atoms with E-state index in [1.807, 2.05) is 23.8 Å². The van der Waals surface area contributed by atoms with Crippen LogP contribution in [0.3, 0.4) is 0 Å². The lowest BCUT2D eigenvalue weighted by Gasteiger charge is -2.13. The molecule has 0 spiro atoms. The van der Waals surface area contributed by atoms with Crippen molar-refractivity contribution in [3.05, 3.63) is 40.1 Å². The number of thiophene rings is 1. The fraction of sp³-hybridized carbons (Fsp3) is 0.467. The molecule has 0 aliphatic carbocycles. The highest BCUT2D eigenvalue weighted by atomic mass is 32.1. The summed E-state index contributed by atoms with van der Waals surface area (Å²) in [6, 6.07) is 2.11. The van der Waals surface area contributed by atoms with Gasteiger partial charge in [0.2, 0.25) is 0 Å². The van der Waals surface area contributed by atoms with Crippen LogP contribution in [0.4, 0.5) is 0 Å². The molecule has 0 saturated heterocycles. The van der Waals surface area contributed by atoms with Gasteiger partial charge in [-0.1, -0.05) is 13.3 Å². The van der Waals surface area contributed by atoms with Gasteiger partial charge in [0, 0.05) is 29.9 Å². The minimum absolute atomic E-state index is 0.0214. The van der Waals surface area contributed by atoms with Crippen LogP contribution in [-0.2, 0) is 13.0 Å². The Bertz CT molecular complexity index is 560. The van der Waals surface area contributed by atoms with Crippen molar-refractivity contribution < 1.29 is 4.79 Å². The summed E-state index contributed by atoms with van der Waals surface area (Å²) in [6.45, 7) is 6.98. The van der Waals surface area contributed by atoms with E-state index in [-0.39, 0.29) is 11.9 Å². The lowest BCUT2D eigenvalue weighted by Crippen LogP contribution is -2.35. The fourth-order valence-corrected chi connectivity index (χ4v) is 3.18. The molecule has 1 N–H and O–H groups in total. The van der Waals surface area contributed by atoms with Gasteiger partial charge in [-0.15, -0.1) is 11.3 Å². The van der Waals surface area contributed by atoms with Gasteiger partial charge in [0.1, 0.15) is 0 Å². The first-order valence-electron chi connectivity index (χ1n) is 6.96. The monoisotopic (exact) mass is 291 g/mol. The van der Waals surface area contributed by atoms with Crippen LogP contribution in [0.25, 0.3) is 0 Å². The number of aromatic nitrogens is 2. The molecule has 4 nitrogen and oxygen atoms in total. The summed E-state index contributed by atoms with van der Waals surface area (Å²) in [6.07, 6.45) is 7.55. The van der Waals surface area contributed by atoms with Crippen LogP contribution in [0.1, 0.15) is 40.4 Å². The van der Waals surface area contributed by atoms with Gasteiger partial charge in [0.05, 0.1) is 11.2 Å². The van der Waals surface area contributed by atoms with Gasteiger partial charge >= 0.3 is 0 Å². The normalized spacial score (nSPS) is 12.3. The Morgan fingerprint density at radius 2 is 2.35 bits per heavy atom. The van der Waals surface area contributed by atoms with E-state index in [1.54, 1.807) is 23.9 Å². The number of amides is 1. The summed E-state index contributed by atoms with van der Waals surface area (Å²) in [5.74, 6) is 0.0214. The maximum atomic E-state index is 12.2. The molecule has 0 aliphatic rings. The van der Waals surface area contributed by atoms with Crippen LogP contribution in [0.5, 0.6) is 0 Å². The van der Waals surface area contributed by atoms with E-state index >= 15 is 0 Å². The van der Waals surface area contributed by atoms with E-state index in [2.05, 4.69) is 24.1 Å². The summed E-state index contributed by atoms with van der Waals surface area (Å²) < 4.78 is 1.97. The zero-order valence-corrected chi connectivity index (χ0v) is 13.0. The number of hydrogen-bond donors (Lipinski definition) is 1. The number of hydrogen-bond acceptors (Lipinski definition) is 3. The van der Waals surface area contributed by atoms with Crippen molar-refractivity contribution in [3.8, 4) is 0 Å². The number of carbonyl (C=O) groups excluding carboxylic acids is 1. The average Bonchev–Trinajstić information content (AvgIpc) is 3.00. The van der Waals surface area contributed by atoms with Crippen molar-refractivity contribution in [2.24, 2.45) is 0 Å². The Kier molecular flexibility index (Phi) is 4.95. The van der Waals surface area contributed by atoms with E-state index in [1.165, 1.54) is 10.4 Å². The number of rotatable bonds is 6. The summed E-state index contributed by atoms with van der Waals surface area (Å²) in [4.78, 5) is 18.3. The van der Waals surface area contributed by atoms with E-state index in [4.69, 9.17) is 0 Å². The van der Waals surface area contributed by atoms with Gasteiger partial charge in [-0.2, -0.15) is 0 Å². The quantitative estimate of drug-likeness (QED) is 0.889. The van der Waals surface area contributed by atoms with Gasteiger partial charge in [-0.3, -0.25) is 4.79 Å². The third-order valence-electron chi connectivity index (χ3n) is 3.19. The Hall–Kier alpha value is -1.62. The van der Waals surface area contributed by atoms with Crippen molar-refractivity contribution in [2.75, 3.05) is 0 Å². The first kappa shape index (κ1) is 14.8. The maximum Gasteiger partial charge on any atom is 0.261 e. The van der Waals surface area contributed by atoms with Crippen molar-refractivity contribution >= 4 is 17.2 Å². The SMILES string of the molecule is CCCc1cc(C(=O)NC(C)Cn2ccnc2)sc1C. The molecule has 1 unspecified atom stereocenters. The largest absolute Gasteiger partial charge is 0.347 e. The third-order valence-corrected chi connectivity index (χ3v) is 4.28. The Morgan fingerprint density at radius 1 is 1.55 bits per heavy atom. The van der Waals surface area contributed by atoms with Crippen LogP contribution in [-0.4, -0.2) is 21.5 Å². The molecule has 1 atom stereocenters.